The molecule has 13 heteroatoms. The van der Waals surface area contributed by atoms with Crippen molar-refractivity contribution >= 4 is 34.3 Å². The summed E-state index contributed by atoms with van der Waals surface area (Å²) in [5.41, 5.74) is 0.514. The summed E-state index contributed by atoms with van der Waals surface area (Å²) >= 11 is 6.18. The van der Waals surface area contributed by atoms with Gasteiger partial charge in [-0.05, 0) is 69.0 Å². The van der Waals surface area contributed by atoms with E-state index in [9.17, 15) is 14.7 Å². The number of alkyl halides is 1. The molecule has 10 nitrogen and oxygen atoms in total. The number of methoxy groups -OCH3 is 1. The minimum absolute atomic E-state index is 0.0112. The second-order valence-corrected chi connectivity index (χ2v) is 12.7. The van der Waals surface area contributed by atoms with Crippen molar-refractivity contribution < 1.29 is 33.0 Å². The van der Waals surface area contributed by atoms with Crippen LogP contribution in [0.5, 0.6) is 11.5 Å². The van der Waals surface area contributed by atoms with Gasteiger partial charge in [-0.15, -0.1) is 0 Å². The van der Waals surface area contributed by atoms with Crippen molar-refractivity contribution in [2.45, 2.75) is 55.3 Å². The third-order valence-electron chi connectivity index (χ3n) is 9.15. The molecule has 4 aromatic rings. The zero-order valence-electron chi connectivity index (χ0n) is 24.5. The highest BCUT2D eigenvalue weighted by Crippen LogP contribution is 2.55. The van der Waals surface area contributed by atoms with Crippen molar-refractivity contribution in [2.75, 3.05) is 20.3 Å². The zero-order valence-corrected chi connectivity index (χ0v) is 25.3. The van der Waals surface area contributed by atoms with Gasteiger partial charge in [0.1, 0.15) is 46.2 Å². The van der Waals surface area contributed by atoms with E-state index in [1.165, 1.54) is 31.4 Å². The lowest BCUT2D eigenvalue weighted by atomic mass is 9.80. The van der Waals surface area contributed by atoms with Gasteiger partial charge in [-0.2, -0.15) is 5.10 Å². The van der Waals surface area contributed by atoms with E-state index in [0.29, 0.717) is 22.7 Å². The standard InChI is InChI=1S/C32H30ClF2N5O5/c1-30(29(36)42)15-45-27-21(30)12-24(38-26(27)20-11-18(33)3-6-22(20)34)32(43,31(35)7-8-31)14-37-28(41)16-9-17-13-40(19-4-5-19)39-25(17)23(10-16)44-2/h3,6,9-13,19,43H,4-5,7-8,14-15H2,1-2H3,(H2,36,42)(H,37,41)/t30-,32-/m0/s1. The summed E-state index contributed by atoms with van der Waals surface area (Å²) in [5.74, 6) is -1.55. The van der Waals surface area contributed by atoms with Crippen LogP contribution in [0.3, 0.4) is 0 Å². The summed E-state index contributed by atoms with van der Waals surface area (Å²) in [6, 6.07) is 8.69. The topological polar surface area (TPSA) is 142 Å². The normalized spacial score (nSPS) is 21.1. The molecule has 2 aromatic carbocycles. The molecule has 45 heavy (non-hydrogen) atoms. The van der Waals surface area contributed by atoms with Gasteiger partial charge in [0, 0.05) is 33.3 Å². The number of nitrogens with one attached hydrogen (secondary N) is 1. The molecule has 2 aromatic heterocycles. The van der Waals surface area contributed by atoms with Crippen molar-refractivity contribution in [2.24, 2.45) is 5.73 Å². The average Bonchev–Trinajstić information content (AvgIpc) is 3.94. The maximum absolute atomic E-state index is 16.2. The molecule has 0 unspecified atom stereocenters. The average molecular weight is 638 g/mol. The Morgan fingerprint density at radius 1 is 1.27 bits per heavy atom. The van der Waals surface area contributed by atoms with Gasteiger partial charge in [0.15, 0.2) is 5.60 Å². The number of hydrogen-bond acceptors (Lipinski definition) is 7. The molecule has 7 rings (SSSR count). The first-order chi connectivity index (χ1) is 21.4. The highest BCUT2D eigenvalue weighted by molar-refractivity contribution is 6.30. The number of aromatic nitrogens is 3. The minimum Gasteiger partial charge on any atom is -0.494 e. The fourth-order valence-corrected chi connectivity index (χ4v) is 6.08. The molecule has 0 bridgehead atoms. The summed E-state index contributed by atoms with van der Waals surface area (Å²) < 4.78 is 44.5. The van der Waals surface area contributed by atoms with Crippen LogP contribution in [0.2, 0.25) is 5.02 Å². The molecule has 3 aliphatic rings. The Hall–Kier alpha value is -4.29. The molecule has 2 atom stereocenters. The van der Waals surface area contributed by atoms with Crippen molar-refractivity contribution in [3.8, 4) is 22.8 Å². The molecule has 2 aliphatic carbocycles. The molecule has 1 aliphatic heterocycles. The van der Waals surface area contributed by atoms with Crippen LogP contribution in [0.1, 0.15) is 60.3 Å². The fraction of sp³-hybridized carbons (Fsp3) is 0.375. The molecule has 3 heterocycles. The number of pyridine rings is 1. The number of nitrogens with two attached hydrogens (primary N) is 1. The Kier molecular flexibility index (Phi) is 6.61. The molecule has 2 fully saturated rings. The van der Waals surface area contributed by atoms with Gasteiger partial charge in [-0.3, -0.25) is 14.3 Å². The predicted molar refractivity (Wildman–Crippen MR) is 161 cm³/mol. The van der Waals surface area contributed by atoms with E-state index in [0.717, 1.165) is 18.9 Å². The van der Waals surface area contributed by atoms with E-state index in [2.05, 4.69) is 15.4 Å². The van der Waals surface area contributed by atoms with Gasteiger partial charge in [0.25, 0.3) is 5.91 Å². The summed E-state index contributed by atoms with van der Waals surface area (Å²) in [6.07, 6.45) is 3.89. The van der Waals surface area contributed by atoms with Crippen LogP contribution in [0.25, 0.3) is 22.2 Å². The molecule has 234 valence electrons. The maximum atomic E-state index is 16.2. The minimum atomic E-state index is -2.37. The monoisotopic (exact) mass is 637 g/mol. The van der Waals surface area contributed by atoms with Crippen LogP contribution in [0.4, 0.5) is 8.78 Å². The van der Waals surface area contributed by atoms with Gasteiger partial charge < -0.3 is 25.6 Å². The fourth-order valence-electron chi connectivity index (χ4n) is 5.91. The molecule has 4 N–H and O–H groups in total. The van der Waals surface area contributed by atoms with Crippen LogP contribution in [0.15, 0.2) is 42.6 Å². The van der Waals surface area contributed by atoms with Crippen LogP contribution in [0, 0.1) is 5.82 Å². The zero-order chi connectivity index (χ0) is 31.9. The van der Waals surface area contributed by atoms with Crippen molar-refractivity contribution in [1.29, 1.82) is 0 Å². The molecule has 0 saturated heterocycles. The van der Waals surface area contributed by atoms with Gasteiger partial charge in [-0.1, -0.05) is 11.6 Å². The Morgan fingerprint density at radius 2 is 2.02 bits per heavy atom. The summed E-state index contributed by atoms with van der Waals surface area (Å²) in [7, 11) is 1.48. The van der Waals surface area contributed by atoms with E-state index in [1.54, 1.807) is 13.0 Å². The first kappa shape index (κ1) is 29.4. The number of halogens is 3. The maximum Gasteiger partial charge on any atom is 0.251 e. The van der Waals surface area contributed by atoms with E-state index in [1.807, 2.05) is 10.9 Å². The summed E-state index contributed by atoms with van der Waals surface area (Å²) in [4.78, 5) is 30.6. The Balaban J connectivity index is 1.29. The number of fused-ring (bicyclic) bond motifs is 2. The van der Waals surface area contributed by atoms with Gasteiger partial charge in [0.05, 0.1) is 25.4 Å². The lowest BCUT2D eigenvalue weighted by Gasteiger charge is -2.33. The largest absolute Gasteiger partial charge is 0.494 e. The van der Waals surface area contributed by atoms with E-state index < -0.39 is 40.9 Å². The van der Waals surface area contributed by atoms with E-state index >= 15 is 8.78 Å². The highest BCUT2D eigenvalue weighted by Gasteiger charge is 2.62. The smallest absolute Gasteiger partial charge is 0.251 e. The lowest BCUT2D eigenvalue weighted by Crippen LogP contribution is -2.49. The lowest BCUT2D eigenvalue weighted by molar-refractivity contribution is -0.123. The number of rotatable bonds is 9. The van der Waals surface area contributed by atoms with Crippen molar-refractivity contribution in [3.63, 3.8) is 0 Å². The molecule has 2 saturated carbocycles. The number of aliphatic hydroxyl groups is 1. The number of benzene rings is 2. The summed E-state index contributed by atoms with van der Waals surface area (Å²) in [6.45, 7) is 0.790. The quantitative estimate of drug-likeness (QED) is 0.246. The number of ether oxygens (including phenoxy) is 2. The van der Waals surface area contributed by atoms with Crippen LogP contribution in [-0.2, 0) is 15.8 Å². The second kappa shape index (κ2) is 10.1. The molecule has 0 radical (unpaired) electrons. The van der Waals surface area contributed by atoms with E-state index in [-0.39, 0.29) is 58.3 Å². The third kappa shape index (κ3) is 4.69. The Bertz CT molecular complexity index is 1910. The number of nitrogens with zero attached hydrogens (tertiary/aromatic N) is 3. The number of hydrogen-bond donors (Lipinski definition) is 3. The Labute approximate surface area is 261 Å². The van der Waals surface area contributed by atoms with Gasteiger partial charge in [-0.25, -0.2) is 13.8 Å². The molecular formula is C32H30ClF2N5O5. The first-order valence-corrected chi connectivity index (χ1v) is 15.0. The summed E-state index contributed by atoms with van der Waals surface area (Å²) in [5, 5.41) is 20.2. The number of amides is 2. The van der Waals surface area contributed by atoms with Crippen LogP contribution >= 0.6 is 11.6 Å². The molecule has 0 spiro atoms. The van der Waals surface area contributed by atoms with E-state index in [4.69, 9.17) is 26.8 Å². The first-order valence-electron chi connectivity index (χ1n) is 14.6. The highest BCUT2D eigenvalue weighted by atomic mass is 35.5. The second-order valence-electron chi connectivity index (χ2n) is 12.3. The van der Waals surface area contributed by atoms with Gasteiger partial charge >= 0.3 is 0 Å². The number of carbonyl (C=O) groups excluding carboxylic acids is 2. The molecule has 2 amide bonds. The van der Waals surface area contributed by atoms with Gasteiger partial charge in [0.2, 0.25) is 5.91 Å². The Morgan fingerprint density at radius 3 is 2.69 bits per heavy atom. The third-order valence-corrected chi connectivity index (χ3v) is 9.39. The van der Waals surface area contributed by atoms with Crippen molar-refractivity contribution in [3.05, 3.63) is 70.3 Å². The number of carbonyl (C=O) groups is 2. The van der Waals surface area contributed by atoms with Crippen LogP contribution < -0.4 is 20.5 Å². The van der Waals surface area contributed by atoms with Crippen molar-refractivity contribution in [1.82, 2.24) is 20.1 Å². The predicted octanol–water partition coefficient (Wildman–Crippen LogP) is 4.49. The number of primary amides is 1. The SMILES string of the molecule is COc1cc(C(=O)NC[C@](O)(c2cc3c(c(-c4cc(Cl)ccc4F)n2)OC[C@]3(C)C(N)=O)C2(F)CC2)cc2cn(C3CC3)nc12. The molecular weight excluding hydrogens is 608 g/mol. The van der Waals surface area contributed by atoms with Crippen LogP contribution in [-0.4, -0.2) is 57.6 Å².